The molecule has 16 heavy (non-hydrogen) atoms. The van der Waals surface area contributed by atoms with Crippen molar-refractivity contribution in [3.8, 4) is 0 Å². The van der Waals surface area contributed by atoms with Crippen molar-refractivity contribution < 1.29 is 0 Å². The summed E-state index contributed by atoms with van der Waals surface area (Å²) in [4.78, 5) is 0. The summed E-state index contributed by atoms with van der Waals surface area (Å²) in [7, 11) is 0. The zero-order valence-electron chi connectivity index (χ0n) is 11.6. The van der Waals surface area contributed by atoms with Crippen LogP contribution in [0.2, 0.25) is 0 Å². The Hall–Kier alpha value is -0.0400. The minimum absolute atomic E-state index is 0.529. The zero-order valence-corrected chi connectivity index (χ0v) is 11.6. The number of rotatable bonds is 3. The van der Waals surface area contributed by atoms with Crippen LogP contribution in [-0.2, 0) is 0 Å². The van der Waals surface area contributed by atoms with Crippen molar-refractivity contribution in [2.45, 2.75) is 71.8 Å². The summed E-state index contributed by atoms with van der Waals surface area (Å²) < 4.78 is 0. The van der Waals surface area contributed by atoms with Crippen molar-refractivity contribution in [2.75, 3.05) is 6.54 Å². The maximum atomic E-state index is 3.76. The van der Waals surface area contributed by atoms with E-state index in [1.165, 1.54) is 45.1 Å². The molecule has 2 saturated carbocycles. The monoisotopic (exact) mass is 223 g/mol. The summed E-state index contributed by atoms with van der Waals surface area (Å²) >= 11 is 0. The van der Waals surface area contributed by atoms with E-state index >= 15 is 0 Å². The van der Waals surface area contributed by atoms with Gasteiger partial charge >= 0.3 is 0 Å². The lowest BCUT2D eigenvalue weighted by atomic mass is 9.70. The van der Waals surface area contributed by atoms with Crippen LogP contribution in [0.15, 0.2) is 0 Å². The maximum Gasteiger partial charge on any atom is 0.0154 e. The Morgan fingerprint density at radius 2 is 1.62 bits per heavy atom. The molecule has 0 aromatic rings. The molecule has 0 saturated heterocycles. The summed E-state index contributed by atoms with van der Waals surface area (Å²) in [5.41, 5.74) is 1.06. The first-order valence-corrected chi connectivity index (χ1v) is 7.14. The van der Waals surface area contributed by atoms with Gasteiger partial charge in [-0.3, -0.25) is 0 Å². The molecule has 0 aliphatic heterocycles. The van der Waals surface area contributed by atoms with Crippen molar-refractivity contribution in [3.05, 3.63) is 0 Å². The molecule has 2 rings (SSSR count). The van der Waals surface area contributed by atoms with Crippen molar-refractivity contribution in [3.63, 3.8) is 0 Å². The van der Waals surface area contributed by atoms with Gasteiger partial charge in [-0.2, -0.15) is 0 Å². The van der Waals surface area contributed by atoms with E-state index in [0.717, 1.165) is 11.8 Å². The minimum Gasteiger partial charge on any atom is -0.311 e. The van der Waals surface area contributed by atoms with E-state index in [1.807, 2.05) is 0 Å². The van der Waals surface area contributed by atoms with E-state index in [0.29, 0.717) is 11.0 Å². The molecule has 0 atom stereocenters. The molecule has 0 aromatic carbocycles. The van der Waals surface area contributed by atoms with Gasteiger partial charge in [0.15, 0.2) is 0 Å². The van der Waals surface area contributed by atoms with Crippen molar-refractivity contribution in [2.24, 2.45) is 17.3 Å². The third-order valence-corrected chi connectivity index (χ3v) is 4.89. The highest BCUT2D eigenvalue weighted by Crippen LogP contribution is 2.40. The highest BCUT2D eigenvalue weighted by Gasteiger charge is 2.37. The number of nitrogens with one attached hydrogen (secondary N) is 1. The third-order valence-electron chi connectivity index (χ3n) is 4.89. The van der Waals surface area contributed by atoms with E-state index in [9.17, 15) is 0 Å². The Morgan fingerprint density at radius 1 is 1.06 bits per heavy atom. The second-order valence-corrected chi connectivity index (χ2v) is 7.53. The molecular weight excluding hydrogens is 194 g/mol. The average molecular weight is 223 g/mol. The molecular formula is C15H29N. The largest absolute Gasteiger partial charge is 0.311 e. The van der Waals surface area contributed by atoms with Gasteiger partial charge in [-0.15, -0.1) is 0 Å². The first kappa shape index (κ1) is 12.4. The topological polar surface area (TPSA) is 12.0 Å². The quantitative estimate of drug-likeness (QED) is 0.763. The zero-order chi connectivity index (χ0) is 11.8. The number of hydrogen-bond acceptors (Lipinski definition) is 1. The predicted octanol–water partition coefficient (Wildman–Crippen LogP) is 3.98. The molecule has 2 aliphatic rings. The van der Waals surface area contributed by atoms with Crippen LogP contribution < -0.4 is 5.32 Å². The Morgan fingerprint density at radius 3 is 2.06 bits per heavy atom. The van der Waals surface area contributed by atoms with Gasteiger partial charge in [-0.05, 0) is 69.2 Å². The first-order valence-electron chi connectivity index (χ1n) is 7.14. The van der Waals surface area contributed by atoms with Gasteiger partial charge in [0, 0.05) is 5.54 Å². The fourth-order valence-corrected chi connectivity index (χ4v) is 2.99. The van der Waals surface area contributed by atoms with Crippen molar-refractivity contribution >= 4 is 0 Å². The Balaban J connectivity index is 1.69. The van der Waals surface area contributed by atoms with E-state index in [-0.39, 0.29) is 0 Å². The highest BCUT2D eigenvalue weighted by atomic mass is 15.0. The smallest absolute Gasteiger partial charge is 0.0154 e. The predicted molar refractivity (Wildman–Crippen MR) is 70.5 cm³/mol. The van der Waals surface area contributed by atoms with Gasteiger partial charge in [0.05, 0.1) is 0 Å². The summed E-state index contributed by atoms with van der Waals surface area (Å²) in [5, 5.41) is 3.76. The van der Waals surface area contributed by atoms with Crippen LogP contribution in [0.1, 0.15) is 66.2 Å². The van der Waals surface area contributed by atoms with Crippen molar-refractivity contribution in [1.29, 1.82) is 0 Å². The summed E-state index contributed by atoms with van der Waals surface area (Å²) in [6.45, 7) is 10.9. The lowest BCUT2D eigenvalue weighted by Crippen LogP contribution is -2.35. The fourth-order valence-electron chi connectivity index (χ4n) is 2.99. The normalized spacial score (nSPS) is 33.8. The van der Waals surface area contributed by atoms with Crippen LogP contribution in [0, 0.1) is 17.3 Å². The fraction of sp³-hybridized carbons (Fsp3) is 1.00. The van der Waals surface area contributed by atoms with Gasteiger partial charge in [0.2, 0.25) is 0 Å². The maximum absolute atomic E-state index is 3.76. The molecule has 0 spiro atoms. The molecule has 1 heteroatoms. The second kappa shape index (κ2) is 4.33. The highest BCUT2D eigenvalue weighted by molar-refractivity contribution is 4.98. The standard InChI is InChI=1S/C15H29N/c1-14(2,3)13-7-5-12(6-8-13)11-16-15(4)9-10-15/h12-13,16H,5-11H2,1-4H3. The molecule has 2 fully saturated rings. The minimum atomic E-state index is 0.529. The SMILES string of the molecule is CC1(NCC2CCC(C(C)(C)C)CC2)CC1. The van der Waals surface area contributed by atoms with Gasteiger partial charge in [-0.1, -0.05) is 20.8 Å². The molecule has 0 radical (unpaired) electrons. The molecule has 1 nitrogen and oxygen atoms in total. The van der Waals surface area contributed by atoms with Gasteiger partial charge < -0.3 is 5.32 Å². The second-order valence-electron chi connectivity index (χ2n) is 7.53. The molecule has 0 heterocycles. The van der Waals surface area contributed by atoms with Gasteiger partial charge in [-0.25, -0.2) is 0 Å². The third kappa shape index (κ3) is 3.23. The molecule has 2 aliphatic carbocycles. The molecule has 0 amide bonds. The van der Waals surface area contributed by atoms with E-state index < -0.39 is 0 Å². The van der Waals surface area contributed by atoms with Crippen LogP contribution in [0.4, 0.5) is 0 Å². The molecule has 0 bridgehead atoms. The Bertz CT molecular complexity index is 226. The van der Waals surface area contributed by atoms with Crippen LogP contribution >= 0.6 is 0 Å². The first-order chi connectivity index (χ1) is 7.39. The molecule has 1 N–H and O–H groups in total. The van der Waals surface area contributed by atoms with Crippen LogP contribution in [0.25, 0.3) is 0 Å². The van der Waals surface area contributed by atoms with E-state index in [2.05, 4.69) is 33.0 Å². The van der Waals surface area contributed by atoms with Crippen LogP contribution in [-0.4, -0.2) is 12.1 Å². The van der Waals surface area contributed by atoms with E-state index in [4.69, 9.17) is 0 Å². The lowest BCUT2D eigenvalue weighted by molar-refractivity contribution is 0.147. The van der Waals surface area contributed by atoms with Crippen LogP contribution in [0.3, 0.4) is 0 Å². The average Bonchev–Trinajstić information content (AvgIpc) is 2.94. The molecule has 0 unspecified atom stereocenters. The summed E-state index contributed by atoms with van der Waals surface area (Å²) in [6.07, 6.45) is 8.59. The van der Waals surface area contributed by atoms with Gasteiger partial charge in [0.1, 0.15) is 0 Å². The molecule has 94 valence electrons. The Kier molecular flexibility index (Phi) is 3.36. The molecule has 0 aromatic heterocycles. The van der Waals surface area contributed by atoms with Crippen LogP contribution in [0.5, 0.6) is 0 Å². The summed E-state index contributed by atoms with van der Waals surface area (Å²) in [6, 6.07) is 0. The lowest BCUT2D eigenvalue weighted by Gasteiger charge is -2.37. The van der Waals surface area contributed by atoms with Gasteiger partial charge in [0.25, 0.3) is 0 Å². The summed E-state index contributed by atoms with van der Waals surface area (Å²) in [5.74, 6) is 1.91. The van der Waals surface area contributed by atoms with Crippen molar-refractivity contribution in [1.82, 2.24) is 5.32 Å². The Labute approximate surface area is 101 Å². The van der Waals surface area contributed by atoms with E-state index in [1.54, 1.807) is 0 Å². The number of hydrogen-bond donors (Lipinski definition) is 1.